The van der Waals surface area contributed by atoms with Gasteiger partial charge in [-0.15, -0.1) is 0 Å². The standard InChI is InChI=1S/C15H20N2O2/c1-10-6-7-12(11(2)9-16)8-13(10)17-14(18)19-15(3,4)5/h6-8,11H,1-5H3,(H,17,18). The first-order valence-corrected chi connectivity index (χ1v) is 6.23. The summed E-state index contributed by atoms with van der Waals surface area (Å²) in [5, 5.41) is 11.6. The fourth-order valence-corrected chi connectivity index (χ4v) is 1.53. The van der Waals surface area contributed by atoms with E-state index in [1.165, 1.54) is 0 Å². The van der Waals surface area contributed by atoms with Crippen LogP contribution in [0.4, 0.5) is 10.5 Å². The molecule has 0 heterocycles. The Morgan fingerprint density at radius 3 is 2.58 bits per heavy atom. The van der Waals surface area contributed by atoms with Crippen LogP contribution in [0.25, 0.3) is 0 Å². The van der Waals surface area contributed by atoms with Gasteiger partial charge in [-0.3, -0.25) is 5.32 Å². The number of ether oxygens (including phenoxy) is 1. The van der Waals surface area contributed by atoms with Crippen molar-refractivity contribution >= 4 is 11.8 Å². The maximum Gasteiger partial charge on any atom is 0.412 e. The van der Waals surface area contributed by atoms with Crippen LogP contribution in [-0.2, 0) is 4.74 Å². The maximum atomic E-state index is 11.7. The fourth-order valence-electron chi connectivity index (χ4n) is 1.53. The lowest BCUT2D eigenvalue weighted by Gasteiger charge is -2.20. The van der Waals surface area contributed by atoms with Crippen molar-refractivity contribution in [3.63, 3.8) is 0 Å². The minimum absolute atomic E-state index is 0.209. The van der Waals surface area contributed by atoms with Gasteiger partial charge in [0.1, 0.15) is 5.60 Å². The van der Waals surface area contributed by atoms with E-state index in [4.69, 9.17) is 10.00 Å². The molecule has 4 nitrogen and oxygen atoms in total. The minimum Gasteiger partial charge on any atom is -0.444 e. The smallest absolute Gasteiger partial charge is 0.412 e. The van der Waals surface area contributed by atoms with Crippen molar-refractivity contribution < 1.29 is 9.53 Å². The van der Waals surface area contributed by atoms with Crippen LogP contribution in [0.3, 0.4) is 0 Å². The summed E-state index contributed by atoms with van der Waals surface area (Å²) in [7, 11) is 0. The highest BCUT2D eigenvalue weighted by Gasteiger charge is 2.17. The second-order valence-corrected chi connectivity index (χ2v) is 5.55. The largest absolute Gasteiger partial charge is 0.444 e. The number of carbonyl (C=O) groups excluding carboxylic acids is 1. The molecule has 0 aromatic heterocycles. The third-order valence-corrected chi connectivity index (χ3v) is 2.59. The van der Waals surface area contributed by atoms with Gasteiger partial charge in [-0.2, -0.15) is 5.26 Å². The Balaban J connectivity index is 2.89. The van der Waals surface area contributed by atoms with E-state index in [1.807, 2.05) is 52.8 Å². The van der Waals surface area contributed by atoms with Crippen LogP contribution in [0.1, 0.15) is 44.7 Å². The molecule has 1 rings (SSSR count). The zero-order chi connectivity index (χ0) is 14.6. The van der Waals surface area contributed by atoms with Crippen molar-refractivity contribution in [2.24, 2.45) is 0 Å². The number of nitrogens with zero attached hydrogens (tertiary/aromatic N) is 1. The quantitative estimate of drug-likeness (QED) is 0.875. The maximum absolute atomic E-state index is 11.7. The summed E-state index contributed by atoms with van der Waals surface area (Å²) in [6.07, 6.45) is -0.489. The molecule has 1 atom stereocenters. The lowest BCUT2D eigenvalue weighted by Crippen LogP contribution is -2.27. The van der Waals surface area contributed by atoms with E-state index in [-0.39, 0.29) is 5.92 Å². The van der Waals surface area contributed by atoms with Gasteiger partial charge in [-0.25, -0.2) is 4.79 Å². The van der Waals surface area contributed by atoms with Crippen molar-refractivity contribution in [1.29, 1.82) is 5.26 Å². The summed E-state index contributed by atoms with van der Waals surface area (Å²) in [6, 6.07) is 7.77. The van der Waals surface area contributed by atoms with Crippen LogP contribution in [-0.4, -0.2) is 11.7 Å². The molecule has 0 aliphatic carbocycles. The highest BCUT2D eigenvalue weighted by molar-refractivity contribution is 5.86. The van der Waals surface area contributed by atoms with Crippen LogP contribution in [0.2, 0.25) is 0 Å². The molecule has 0 radical (unpaired) electrons. The summed E-state index contributed by atoms with van der Waals surface area (Å²) >= 11 is 0. The number of aryl methyl sites for hydroxylation is 1. The average Bonchev–Trinajstić information content (AvgIpc) is 2.28. The van der Waals surface area contributed by atoms with Gasteiger partial charge in [0.05, 0.1) is 12.0 Å². The van der Waals surface area contributed by atoms with Gasteiger partial charge in [-0.05, 0) is 51.8 Å². The van der Waals surface area contributed by atoms with E-state index in [9.17, 15) is 4.79 Å². The second-order valence-electron chi connectivity index (χ2n) is 5.55. The van der Waals surface area contributed by atoms with Crippen molar-refractivity contribution in [2.75, 3.05) is 5.32 Å². The van der Waals surface area contributed by atoms with Gasteiger partial charge in [0.15, 0.2) is 0 Å². The predicted octanol–water partition coefficient (Wildman–Crippen LogP) is 3.97. The number of anilines is 1. The summed E-state index contributed by atoms with van der Waals surface area (Å²) < 4.78 is 5.21. The number of carbonyl (C=O) groups is 1. The molecule has 1 amide bonds. The molecule has 0 fully saturated rings. The molecule has 19 heavy (non-hydrogen) atoms. The summed E-state index contributed by atoms with van der Waals surface area (Å²) in [6.45, 7) is 9.16. The van der Waals surface area contributed by atoms with Crippen LogP contribution in [0.5, 0.6) is 0 Å². The molecule has 102 valence electrons. The molecule has 0 aliphatic heterocycles. The number of hydrogen-bond donors (Lipinski definition) is 1. The van der Waals surface area contributed by atoms with E-state index in [0.717, 1.165) is 11.1 Å². The normalized spacial score (nSPS) is 12.4. The van der Waals surface area contributed by atoms with E-state index < -0.39 is 11.7 Å². The van der Waals surface area contributed by atoms with Crippen LogP contribution in [0, 0.1) is 18.3 Å². The molecule has 1 N–H and O–H groups in total. The summed E-state index contributed by atoms with van der Waals surface area (Å²) in [5.41, 5.74) is 1.95. The van der Waals surface area contributed by atoms with E-state index in [2.05, 4.69) is 11.4 Å². The van der Waals surface area contributed by atoms with Crippen molar-refractivity contribution in [2.45, 2.75) is 46.1 Å². The molecule has 1 unspecified atom stereocenters. The number of nitrogens with one attached hydrogen (secondary N) is 1. The van der Waals surface area contributed by atoms with Crippen LogP contribution < -0.4 is 5.32 Å². The molecular formula is C15H20N2O2. The number of amides is 1. The lowest BCUT2D eigenvalue weighted by molar-refractivity contribution is 0.0636. The van der Waals surface area contributed by atoms with Gasteiger partial charge in [0.2, 0.25) is 0 Å². The molecule has 0 spiro atoms. The molecule has 1 aromatic rings. The molecule has 0 bridgehead atoms. The lowest BCUT2D eigenvalue weighted by atomic mass is 10.0. The van der Waals surface area contributed by atoms with Gasteiger partial charge < -0.3 is 4.74 Å². The Morgan fingerprint density at radius 2 is 2.05 bits per heavy atom. The van der Waals surface area contributed by atoms with Gasteiger partial charge in [0.25, 0.3) is 0 Å². The minimum atomic E-state index is -0.532. The van der Waals surface area contributed by atoms with Crippen molar-refractivity contribution in [1.82, 2.24) is 0 Å². The third kappa shape index (κ3) is 4.63. The second kappa shape index (κ2) is 5.75. The summed E-state index contributed by atoms with van der Waals surface area (Å²) in [4.78, 5) is 11.7. The summed E-state index contributed by atoms with van der Waals surface area (Å²) in [5.74, 6) is -0.209. The van der Waals surface area contributed by atoms with Crippen LogP contribution in [0.15, 0.2) is 18.2 Å². The fraction of sp³-hybridized carbons (Fsp3) is 0.467. The Hall–Kier alpha value is -2.02. The SMILES string of the molecule is Cc1ccc(C(C)C#N)cc1NC(=O)OC(C)(C)C. The van der Waals surface area contributed by atoms with Gasteiger partial charge in [0, 0.05) is 5.69 Å². The molecule has 0 aliphatic rings. The molecule has 0 saturated carbocycles. The highest BCUT2D eigenvalue weighted by Crippen LogP contribution is 2.23. The van der Waals surface area contributed by atoms with Gasteiger partial charge >= 0.3 is 6.09 Å². The molecule has 0 saturated heterocycles. The van der Waals surface area contributed by atoms with E-state index in [0.29, 0.717) is 5.69 Å². The highest BCUT2D eigenvalue weighted by atomic mass is 16.6. The molecular weight excluding hydrogens is 240 g/mol. The predicted molar refractivity (Wildman–Crippen MR) is 75.1 cm³/mol. The zero-order valence-electron chi connectivity index (χ0n) is 12.1. The Labute approximate surface area is 114 Å². The number of nitriles is 1. The third-order valence-electron chi connectivity index (χ3n) is 2.59. The van der Waals surface area contributed by atoms with Crippen molar-refractivity contribution in [3.05, 3.63) is 29.3 Å². The van der Waals surface area contributed by atoms with Crippen molar-refractivity contribution in [3.8, 4) is 6.07 Å². The van der Waals surface area contributed by atoms with Crippen LogP contribution >= 0.6 is 0 Å². The first-order valence-electron chi connectivity index (χ1n) is 6.23. The molecule has 1 aromatic carbocycles. The Morgan fingerprint density at radius 1 is 1.42 bits per heavy atom. The zero-order valence-corrected chi connectivity index (χ0v) is 12.1. The Kier molecular flexibility index (Phi) is 4.55. The van der Waals surface area contributed by atoms with E-state index in [1.54, 1.807) is 0 Å². The number of hydrogen-bond acceptors (Lipinski definition) is 3. The van der Waals surface area contributed by atoms with Gasteiger partial charge in [-0.1, -0.05) is 12.1 Å². The van der Waals surface area contributed by atoms with E-state index >= 15 is 0 Å². The molecule has 4 heteroatoms. The average molecular weight is 260 g/mol. The monoisotopic (exact) mass is 260 g/mol. The first-order chi connectivity index (χ1) is 8.73. The first kappa shape index (κ1) is 15.0. The topological polar surface area (TPSA) is 62.1 Å². The number of benzene rings is 1. The number of rotatable bonds is 2. The Bertz CT molecular complexity index is 510.